The largest absolute Gasteiger partial charge is 0.373 e. The number of nitrogens with zero attached hydrogens (tertiary/aromatic N) is 4. The zero-order chi connectivity index (χ0) is 13.7. The molecule has 0 bridgehead atoms. The summed E-state index contributed by atoms with van der Waals surface area (Å²) < 4.78 is 0. The van der Waals surface area contributed by atoms with Gasteiger partial charge in [-0.05, 0) is 32.4 Å². The first kappa shape index (κ1) is 14.1. The van der Waals surface area contributed by atoms with Gasteiger partial charge in [0.1, 0.15) is 5.82 Å². The molecular formula is C14H25N5. The molecule has 0 saturated carbocycles. The van der Waals surface area contributed by atoms with E-state index >= 15 is 0 Å². The van der Waals surface area contributed by atoms with Gasteiger partial charge in [0.25, 0.3) is 0 Å². The van der Waals surface area contributed by atoms with Gasteiger partial charge in [0.15, 0.2) is 0 Å². The summed E-state index contributed by atoms with van der Waals surface area (Å²) in [4.78, 5) is 13.5. The van der Waals surface area contributed by atoms with E-state index in [0.29, 0.717) is 6.04 Å². The van der Waals surface area contributed by atoms with Crippen molar-refractivity contribution in [2.45, 2.75) is 32.2 Å². The van der Waals surface area contributed by atoms with Gasteiger partial charge in [0, 0.05) is 39.4 Å². The SMILES string of the molecule is CNc1ccnc(N(C)CCN2CCCC[C@H]2C)n1. The molecule has 0 unspecified atom stereocenters. The maximum Gasteiger partial charge on any atom is 0.227 e. The average Bonchev–Trinajstić information content (AvgIpc) is 2.46. The van der Waals surface area contributed by atoms with E-state index in [2.05, 4.69) is 39.1 Å². The van der Waals surface area contributed by atoms with Gasteiger partial charge in [0.2, 0.25) is 5.95 Å². The van der Waals surface area contributed by atoms with Crippen LogP contribution in [0.4, 0.5) is 11.8 Å². The van der Waals surface area contributed by atoms with Crippen molar-refractivity contribution in [3.05, 3.63) is 12.3 Å². The highest BCUT2D eigenvalue weighted by molar-refractivity contribution is 5.40. The lowest BCUT2D eigenvalue weighted by atomic mass is 10.0. The zero-order valence-corrected chi connectivity index (χ0v) is 12.3. The first-order valence-electron chi connectivity index (χ1n) is 7.16. The number of nitrogens with one attached hydrogen (secondary N) is 1. The number of hydrogen-bond acceptors (Lipinski definition) is 5. The molecule has 1 aromatic rings. The number of aromatic nitrogens is 2. The molecule has 1 aromatic heterocycles. The van der Waals surface area contributed by atoms with Crippen molar-refractivity contribution in [2.24, 2.45) is 0 Å². The highest BCUT2D eigenvalue weighted by Gasteiger charge is 2.18. The van der Waals surface area contributed by atoms with Crippen LogP contribution in [-0.2, 0) is 0 Å². The van der Waals surface area contributed by atoms with E-state index in [9.17, 15) is 0 Å². The number of hydrogen-bond donors (Lipinski definition) is 1. The van der Waals surface area contributed by atoms with Gasteiger partial charge >= 0.3 is 0 Å². The maximum atomic E-state index is 4.46. The van der Waals surface area contributed by atoms with Crippen LogP contribution in [0.3, 0.4) is 0 Å². The minimum atomic E-state index is 0.715. The summed E-state index contributed by atoms with van der Waals surface area (Å²) in [7, 11) is 3.94. The molecule has 0 aromatic carbocycles. The highest BCUT2D eigenvalue weighted by Crippen LogP contribution is 2.16. The number of likely N-dealkylation sites (tertiary alicyclic amines) is 1. The van der Waals surface area contributed by atoms with Crippen molar-refractivity contribution in [3.63, 3.8) is 0 Å². The molecule has 0 radical (unpaired) electrons. The van der Waals surface area contributed by atoms with E-state index in [4.69, 9.17) is 0 Å². The van der Waals surface area contributed by atoms with Crippen LogP contribution in [0.25, 0.3) is 0 Å². The standard InChI is InChI=1S/C14H25N5/c1-12-6-4-5-9-19(12)11-10-18(3)14-16-8-7-13(15-2)17-14/h7-8,12H,4-6,9-11H2,1-3H3,(H,15,16,17)/t12-/m1/s1. The van der Waals surface area contributed by atoms with Crippen LogP contribution in [0, 0.1) is 0 Å². The zero-order valence-electron chi connectivity index (χ0n) is 12.3. The van der Waals surface area contributed by atoms with Gasteiger partial charge in [-0.15, -0.1) is 0 Å². The molecule has 2 heterocycles. The Balaban J connectivity index is 1.87. The van der Waals surface area contributed by atoms with Gasteiger partial charge in [0.05, 0.1) is 0 Å². The lowest BCUT2D eigenvalue weighted by Gasteiger charge is -2.34. The van der Waals surface area contributed by atoms with E-state index in [1.54, 1.807) is 6.20 Å². The lowest BCUT2D eigenvalue weighted by molar-refractivity contribution is 0.165. The quantitative estimate of drug-likeness (QED) is 0.878. The summed E-state index contributed by atoms with van der Waals surface area (Å²) in [6, 6.07) is 2.59. The van der Waals surface area contributed by atoms with Crippen LogP contribution in [0.5, 0.6) is 0 Å². The summed E-state index contributed by atoms with van der Waals surface area (Å²) in [5, 5.41) is 3.05. The second-order valence-corrected chi connectivity index (χ2v) is 5.29. The van der Waals surface area contributed by atoms with Crippen LogP contribution < -0.4 is 10.2 Å². The Morgan fingerprint density at radius 2 is 2.32 bits per heavy atom. The first-order valence-corrected chi connectivity index (χ1v) is 7.16. The Labute approximate surface area is 116 Å². The molecule has 1 saturated heterocycles. The Morgan fingerprint density at radius 1 is 1.47 bits per heavy atom. The third-order valence-corrected chi connectivity index (χ3v) is 3.90. The van der Waals surface area contributed by atoms with Crippen molar-refractivity contribution in [2.75, 3.05) is 43.9 Å². The van der Waals surface area contributed by atoms with Crippen molar-refractivity contribution < 1.29 is 0 Å². The van der Waals surface area contributed by atoms with E-state index in [1.807, 2.05) is 13.1 Å². The second kappa shape index (κ2) is 6.70. The third kappa shape index (κ3) is 3.80. The average molecular weight is 263 g/mol. The van der Waals surface area contributed by atoms with Crippen LogP contribution >= 0.6 is 0 Å². The Kier molecular flexibility index (Phi) is 4.96. The highest BCUT2D eigenvalue weighted by atomic mass is 15.3. The monoisotopic (exact) mass is 263 g/mol. The fourth-order valence-electron chi connectivity index (χ4n) is 2.54. The fourth-order valence-corrected chi connectivity index (χ4v) is 2.54. The molecule has 5 heteroatoms. The Hall–Kier alpha value is -1.36. The molecule has 106 valence electrons. The van der Waals surface area contributed by atoms with Crippen LogP contribution in [0.1, 0.15) is 26.2 Å². The summed E-state index contributed by atoms with van der Waals surface area (Å²) in [5.41, 5.74) is 0. The summed E-state index contributed by atoms with van der Waals surface area (Å²) >= 11 is 0. The van der Waals surface area contributed by atoms with Crippen molar-refractivity contribution in [1.29, 1.82) is 0 Å². The molecule has 0 spiro atoms. The minimum Gasteiger partial charge on any atom is -0.373 e. The summed E-state index contributed by atoms with van der Waals surface area (Å²) in [6.45, 7) is 5.62. The summed E-state index contributed by atoms with van der Waals surface area (Å²) in [5.74, 6) is 1.65. The van der Waals surface area contributed by atoms with Gasteiger partial charge in [-0.2, -0.15) is 4.98 Å². The first-order chi connectivity index (χ1) is 9.20. The van der Waals surface area contributed by atoms with Crippen molar-refractivity contribution in [1.82, 2.24) is 14.9 Å². The Bertz CT molecular complexity index is 395. The van der Waals surface area contributed by atoms with Gasteiger partial charge in [-0.25, -0.2) is 4.98 Å². The smallest absolute Gasteiger partial charge is 0.227 e. The third-order valence-electron chi connectivity index (χ3n) is 3.90. The van der Waals surface area contributed by atoms with E-state index in [0.717, 1.165) is 24.9 Å². The van der Waals surface area contributed by atoms with E-state index in [-0.39, 0.29) is 0 Å². The van der Waals surface area contributed by atoms with Crippen molar-refractivity contribution in [3.8, 4) is 0 Å². The molecule has 1 aliphatic heterocycles. The number of likely N-dealkylation sites (N-methyl/N-ethyl adjacent to an activating group) is 1. The predicted molar refractivity (Wildman–Crippen MR) is 79.7 cm³/mol. The van der Waals surface area contributed by atoms with Crippen LogP contribution in [0.15, 0.2) is 12.3 Å². The second-order valence-electron chi connectivity index (χ2n) is 5.29. The van der Waals surface area contributed by atoms with Crippen LogP contribution in [-0.4, -0.2) is 54.6 Å². The molecule has 19 heavy (non-hydrogen) atoms. The van der Waals surface area contributed by atoms with E-state index < -0.39 is 0 Å². The molecule has 1 atom stereocenters. The minimum absolute atomic E-state index is 0.715. The molecule has 2 rings (SSSR count). The number of rotatable bonds is 5. The molecule has 1 N–H and O–H groups in total. The van der Waals surface area contributed by atoms with Crippen molar-refractivity contribution >= 4 is 11.8 Å². The Morgan fingerprint density at radius 3 is 3.05 bits per heavy atom. The molecule has 1 aliphatic rings. The number of anilines is 2. The lowest BCUT2D eigenvalue weighted by Crippen LogP contribution is -2.42. The van der Waals surface area contributed by atoms with Gasteiger partial charge < -0.3 is 10.2 Å². The molecule has 0 amide bonds. The maximum absolute atomic E-state index is 4.46. The van der Waals surface area contributed by atoms with Gasteiger partial charge in [-0.1, -0.05) is 6.42 Å². The molecule has 0 aliphatic carbocycles. The van der Waals surface area contributed by atoms with Crippen LogP contribution in [0.2, 0.25) is 0 Å². The number of piperidine rings is 1. The molecule has 1 fully saturated rings. The normalized spacial score (nSPS) is 20.3. The predicted octanol–water partition coefficient (Wildman–Crippen LogP) is 1.83. The van der Waals surface area contributed by atoms with E-state index in [1.165, 1.54) is 25.8 Å². The van der Waals surface area contributed by atoms with Gasteiger partial charge in [-0.3, -0.25) is 4.90 Å². The fraction of sp³-hybridized carbons (Fsp3) is 0.714. The molecular weight excluding hydrogens is 238 g/mol. The molecule has 5 nitrogen and oxygen atoms in total. The topological polar surface area (TPSA) is 44.3 Å². The summed E-state index contributed by atoms with van der Waals surface area (Å²) in [6.07, 6.45) is 5.84.